The highest BCUT2D eigenvalue weighted by Gasteiger charge is 2.33. The fourth-order valence-electron chi connectivity index (χ4n) is 4.73. The number of carbonyl (C=O) groups excluding carboxylic acids is 2. The van der Waals surface area contributed by atoms with Gasteiger partial charge in [-0.3, -0.25) is 9.59 Å². The minimum Gasteiger partial charge on any atom is -0.354 e. The lowest BCUT2D eigenvalue weighted by atomic mass is 9.83. The second-order valence-electron chi connectivity index (χ2n) is 7.62. The summed E-state index contributed by atoms with van der Waals surface area (Å²) in [5.74, 6) is 0.500. The van der Waals surface area contributed by atoms with E-state index < -0.39 is 0 Å². The fourth-order valence-corrected chi connectivity index (χ4v) is 4.73. The Morgan fingerprint density at radius 1 is 1.12 bits per heavy atom. The van der Waals surface area contributed by atoms with Crippen molar-refractivity contribution in [1.82, 2.24) is 15.1 Å². The quantitative estimate of drug-likeness (QED) is 0.912. The molecule has 3 heterocycles. The van der Waals surface area contributed by atoms with Crippen LogP contribution in [0.5, 0.6) is 0 Å². The van der Waals surface area contributed by atoms with Gasteiger partial charge in [-0.2, -0.15) is 0 Å². The summed E-state index contributed by atoms with van der Waals surface area (Å²) >= 11 is 0. The Bertz CT molecular complexity index is 658. The van der Waals surface area contributed by atoms with E-state index in [1.54, 1.807) is 4.90 Å². The largest absolute Gasteiger partial charge is 0.354 e. The third-order valence-corrected chi connectivity index (χ3v) is 6.02. The number of benzene rings is 1. The fraction of sp³-hybridized carbons (Fsp3) is 0.600. The predicted octanol–water partition coefficient (Wildman–Crippen LogP) is 2.02. The molecule has 4 rings (SSSR count). The molecule has 2 amide bonds. The summed E-state index contributed by atoms with van der Waals surface area (Å²) in [4.78, 5) is 29.0. The van der Waals surface area contributed by atoms with Gasteiger partial charge in [-0.15, -0.1) is 0 Å². The number of fused-ring (bicyclic) bond motifs is 2. The smallest absolute Gasteiger partial charge is 0.254 e. The molecule has 2 atom stereocenters. The van der Waals surface area contributed by atoms with Gasteiger partial charge in [-0.05, 0) is 56.3 Å². The van der Waals surface area contributed by atoms with Crippen molar-refractivity contribution in [1.29, 1.82) is 0 Å². The van der Waals surface area contributed by atoms with Crippen molar-refractivity contribution in [2.24, 2.45) is 5.92 Å². The second-order valence-corrected chi connectivity index (χ2v) is 7.62. The van der Waals surface area contributed by atoms with Crippen LogP contribution in [0.15, 0.2) is 24.3 Å². The van der Waals surface area contributed by atoms with Gasteiger partial charge in [0.05, 0.1) is 0 Å². The number of amides is 2. The molecule has 0 radical (unpaired) electrons. The Labute approximate surface area is 149 Å². The van der Waals surface area contributed by atoms with Crippen LogP contribution in [0.4, 0.5) is 0 Å². The Kier molecular flexibility index (Phi) is 4.75. The van der Waals surface area contributed by atoms with Crippen LogP contribution in [-0.4, -0.2) is 53.8 Å². The zero-order valence-electron chi connectivity index (χ0n) is 14.7. The van der Waals surface area contributed by atoms with Gasteiger partial charge in [0.1, 0.15) is 6.54 Å². The molecule has 0 bridgehead atoms. The number of carbonyl (C=O) groups is 2. The summed E-state index contributed by atoms with van der Waals surface area (Å²) in [6, 6.07) is 8.26. The van der Waals surface area contributed by atoms with E-state index in [-0.39, 0.29) is 18.4 Å². The summed E-state index contributed by atoms with van der Waals surface area (Å²) in [6.45, 7) is 3.89. The first-order valence-corrected chi connectivity index (χ1v) is 9.60. The lowest BCUT2D eigenvalue weighted by Gasteiger charge is -2.44. The minimum atomic E-state index is -0.0333. The SMILES string of the molecule is O=C(CN1Cc2ccccc2C1=O)NC[C@H]1CCCN2CCCC[C@H]12. The van der Waals surface area contributed by atoms with E-state index in [1.165, 1.54) is 45.2 Å². The van der Waals surface area contributed by atoms with E-state index >= 15 is 0 Å². The average molecular weight is 341 g/mol. The number of nitrogens with one attached hydrogen (secondary N) is 1. The Balaban J connectivity index is 1.29. The van der Waals surface area contributed by atoms with Crippen LogP contribution >= 0.6 is 0 Å². The molecule has 0 unspecified atom stereocenters. The van der Waals surface area contributed by atoms with Gasteiger partial charge < -0.3 is 15.1 Å². The van der Waals surface area contributed by atoms with E-state index in [0.29, 0.717) is 18.5 Å². The zero-order chi connectivity index (χ0) is 17.2. The Morgan fingerprint density at radius 2 is 1.96 bits per heavy atom. The van der Waals surface area contributed by atoms with Crippen LogP contribution in [0, 0.1) is 5.92 Å². The van der Waals surface area contributed by atoms with Crippen LogP contribution in [0.2, 0.25) is 0 Å². The maximum absolute atomic E-state index is 12.4. The van der Waals surface area contributed by atoms with E-state index in [9.17, 15) is 9.59 Å². The van der Waals surface area contributed by atoms with Crippen molar-refractivity contribution in [2.45, 2.75) is 44.7 Å². The van der Waals surface area contributed by atoms with Crippen molar-refractivity contribution in [2.75, 3.05) is 26.2 Å². The highest BCUT2D eigenvalue weighted by Crippen LogP contribution is 2.30. The van der Waals surface area contributed by atoms with Crippen LogP contribution in [0.1, 0.15) is 48.0 Å². The highest BCUT2D eigenvalue weighted by atomic mass is 16.2. The molecule has 5 nitrogen and oxygen atoms in total. The Hall–Kier alpha value is -1.88. The normalized spacial score (nSPS) is 26.2. The summed E-state index contributed by atoms with van der Waals surface area (Å²) in [6.07, 6.45) is 6.33. The first kappa shape index (κ1) is 16.6. The summed E-state index contributed by atoms with van der Waals surface area (Å²) in [7, 11) is 0. The average Bonchev–Trinajstić information content (AvgIpc) is 2.96. The molecule has 2 saturated heterocycles. The van der Waals surface area contributed by atoms with Crippen molar-refractivity contribution in [3.63, 3.8) is 0 Å². The van der Waals surface area contributed by atoms with Gasteiger partial charge in [-0.1, -0.05) is 24.6 Å². The highest BCUT2D eigenvalue weighted by molar-refractivity contribution is 6.00. The molecule has 0 aromatic heterocycles. The maximum Gasteiger partial charge on any atom is 0.254 e. The standard InChI is InChI=1S/C20H27N3O2/c24-19(14-23-13-16-6-1-2-8-17(16)20(23)25)21-12-15-7-5-11-22-10-4-3-9-18(15)22/h1-2,6,8,15,18H,3-5,7,9-14H2,(H,21,24)/t15-,18-/m1/s1. The summed E-state index contributed by atoms with van der Waals surface area (Å²) < 4.78 is 0. The van der Waals surface area contributed by atoms with E-state index in [1.807, 2.05) is 24.3 Å². The molecule has 0 spiro atoms. The van der Waals surface area contributed by atoms with Gasteiger partial charge in [0.2, 0.25) is 5.91 Å². The molecule has 3 aliphatic heterocycles. The van der Waals surface area contributed by atoms with E-state index in [2.05, 4.69) is 10.2 Å². The maximum atomic E-state index is 12.4. The molecule has 5 heteroatoms. The first-order chi connectivity index (χ1) is 12.2. The monoisotopic (exact) mass is 341 g/mol. The van der Waals surface area contributed by atoms with Crippen LogP contribution in [0.25, 0.3) is 0 Å². The first-order valence-electron chi connectivity index (χ1n) is 9.60. The molecule has 1 N–H and O–H groups in total. The van der Waals surface area contributed by atoms with Gasteiger partial charge in [0, 0.05) is 24.7 Å². The zero-order valence-corrected chi connectivity index (χ0v) is 14.7. The molecular weight excluding hydrogens is 314 g/mol. The van der Waals surface area contributed by atoms with Gasteiger partial charge in [0.25, 0.3) is 5.91 Å². The van der Waals surface area contributed by atoms with Gasteiger partial charge in [0.15, 0.2) is 0 Å². The molecular formula is C20H27N3O2. The van der Waals surface area contributed by atoms with Crippen molar-refractivity contribution < 1.29 is 9.59 Å². The molecule has 3 aliphatic rings. The lowest BCUT2D eigenvalue weighted by molar-refractivity contribution is -0.122. The van der Waals surface area contributed by atoms with Crippen molar-refractivity contribution >= 4 is 11.8 Å². The molecule has 134 valence electrons. The Morgan fingerprint density at radius 3 is 2.84 bits per heavy atom. The van der Waals surface area contributed by atoms with Gasteiger partial charge in [-0.25, -0.2) is 0 Å². The molecule has 2 fully saturated rings. The minimum absolute atomic E-state index is 0.0260. The summed E-state index contributed by atoms with van der Waals surface area (Å²) in [5, 5.41) is 3.10. The van der Waals surface area contributed by atoms with E-state index in [0.717, 1.165) is 17.7 Å². The summed E-state index contributed by atoms with van der Waals surface area (Å²) in [5.41, 5.74) is 1.76. The van der Waals surface area contributed by atoms with Crippen molar-refractivity contribution in [3.8, 4) is 0 Å². The topological polar surface area (TPSA) is 52.7 Å². The molecule has 0 aliphatic carbocycles. The van der Waals surface area contributed by atoms with Crippen LogP contribution < -0.4 is 5.32 Å². The van der Waals surface area contributed by atoms with Crippen LogP contribution in [-0.2, 0) is 11.3 Å². The van der Waals surface area contributed by atoms with Gasteiger partial charge >= 0.3 is 0 Å². The van der Waals surface area contributed by atoms with Crippen molar-refractivity contribution in [3.05, 3.63) is 35.4 Å². The third-order valence-electron chi connectivity index (χ3n) is 6.02. The molecule has 0 saturated carbocycles. The lowest BCUT2D eigenvalue weighted by Crippen LogP contribution is -2.51. The number of hydrogen-bond donors (Lipinski definition) is 1. The molecule has 1 aromatic carbocycles. The number of rotatable bonds is 4. The van der Waals surface area contributed by atoms with Crippen LogP contribution in [0.3, 0.4) is 0 Å². The molecule has 25 heavy (non-hydrogen) atoms. The molecule has 1 aromatic rings. The number of piperidine rings is 2. The third kappa shape index (κ3) is 3.43. The second kappa shape index (κ2) is 7.16. The van der Waals surface area contributed by atoms with E-state index in [4.69, 9.17) is 0 Å². The number of hydrogen-bond acceptors (Lipinski definition) is 3. The predicted molar refractivity (Wildman–Crippen MR) is 96.1 cm³/mol. The number of nitrogens with zero attached hydrogens (tertiary/aromatic N) is 2.